The lowest BCUT2D eigenvalue weighted by molar-refractivity contribution is -0.115. The van der Waals surface area contributed by atoms with Crippen LogP contribution in [0.4, 0.5) is 5.69 Å². The van der Waals surface area contributed by atoms with Gasteiger partial charge in [0.1, 0.15) is 5.51 Å². The van der Waals surface area contributed by atoms with E-state index in [0.717, 1.165) is 10.0 Å². The van der Waals surface area contributed by atoms with Crippen LogP contribution in [-0.4, -0.2) is 21.4 Å². The van der Waals surface area contributed by atoms with Crippen molar-refractivity contribution >= 4 is 34.7 Å². The summed E-state index contributed by atoms with van der Waals surface area (Å²) in [6.07, 6.45) is 0. The molecule has 0 aliphatic carbocycles. The second-order valence-corrected chi connectivity index (χ2v) is 8.20. The normalized spacial score (nSPS) is 13.0. The highest BCUT2D eigenvalue weighted by atomic mass is 32.2. The summed E-state index contributed by atoms with van der Waals surface area (Å²) in [5.41, 5.74) is 3.84. The number of benzene rings is 1. The summed E-state index contributed by atoms with van der Waals surface area (Å²) in [5, 5.41) is 10.4. The average Bonchev–Trinajstić information content (AvgIpc) is 2.91. The van der Waals surface area contributed by atoms with Gasteiger partial charge in [0.2, 0.25) is 5.91 Å². The Morgan fingerprint density at radius 2 is 1.95 bits per heavy atom. The molecule has 0 bridgehead atoms. The molecule has 0 saturated carbocycles. The van der Waals surface area contributed by atoms with Gasteiger partial charge in [-0.15, -0.1) is 10.2 Å². The quantitative estimate of drug-likeness (QED) is 0.866. The van der Waals surface area contributed by atoms with Gasteiger partial charge in [0, 0.05) is 5.69 Å². The summed E-state index contributed by atoms with van der Waals surface area (Å²) in [6.45, 7) is 8.37. The molecule has 2 aromatic rings. The first-order chi connectivity index (χ1) is 9.86. The lowest BCUT2D eigenvalue weighted by Crippen LogP contribution is -2.22. The molecule has 1 heterocycles. The minimum absolute atomic E-state index is 0.0290. The maximum Gasteiger partial charge on any atom is 0.237 e. The molecular formula is C15H19N3OS2. The van der Waals surface area contributed by atoms with Gasteiger partial charge in [-0.3, -0.25) is 4.79 Å². The van der Waals surface area contributed by atoms with Gasteiger partial charge in [-0.05, 0) is 30.0 Å². The minimum Gasteiger partial charge on any atom is -0.325 e. The van der Waals surface area contributed by atoms with Crippen molar-refractivity contribution in [3.63, 3.8) is 0 Å². The number of nitrogens with one attached hydrogen (secondary N) is 1. The summed E-state index contributed by atoms with van der Waals surface area (Å²) in [4.78, 5) is 12.1. The maximum absolute atomic E-state index is 12.1. The fourth-order valence-corrected chi connectivity index (χ4v) is 3.34. The van der Waals surface area contributed by atoms with Crippen LogP contribution in [0, 0.1) is 0 Å². The Labute approximate surface area is 133 Å². The summed E-state index contributed by atoms with van der Waals surface area (Å²) >= 11 is 2.86. The third kappa shape index (κ3) is 4.54. The van der Waals surface area contributed by atoms with E-state index in [9.17, 15) is 4.79 Å². The summed E-state index contributed by atoms with van der Waals surface area (Å²) in [7, 11) is 0. The van der Waals surface area contributed by atoms with Gasteiger partial charge in [-0.2, -0.15) is 0 Å². The molecule has 2 rings (SSSR count). The zero-order valence-electron chi connectivity index (χ0n) is 12.6. The number of carbonyl (C=O) groups excluding carboxylic acids is 1. The van der Waals surface area contributed by atoms with Crippen molar-refractivity contribution < 1.29 is 4.79 Å². The van der Waals surface area contributed by atoms with Crippen molar-refractivity contribution in [3.05, 3.63) is 35.3 Å². The number of carbonyl (C=O) groups is 1. The lowest BCUT2D eigenvalue weighted by Gasteiger charge is -2.19. The molecule has 1 unspecified atom stereocenters. The van der Waals surface area contributed by atoms with Crippen LogP contribution >= 0.6 is 23.1 Å². The third-order valence-corrected chi connectivity index (χ3v) is 4.92. The van der Waals surface area contributed by atoms with Gasteiger partial charge in [0.15, 0.2) is 4.34 Å². The topological polar surface area (TPSA) is 54.9 Å². The van der Waals surface area contributed by atoms with Crippen molar-refractivity contribution in [2.24, 2.45) is 0 Å². The third-order valence-electron chi connectivity index (χ3n) is 3.01. The largest absolute Gasteiger partial charge is 0.325 e. The van der Waals surface area contributed by atoms with E-state index in [1.165, 1.54) is 28.7 Å². The van der Waals surface area contributed by atoms with Crippen LogP contribution < -0.4 is 5.32 Å². The van der Waals surface area contributed by atoms with E-state index in [1.54, 1.807) is 5.51 Å². The number of rotatable bonds is 4. The fourth-order valence-electron chi connectivity index (χ4n) is 1.72. The van der Waals surface area contributed by atoms with Crippen molar-refractivity contribution in [1.29, 1.82) is 0 Å². The highest BCUT2D eigenvalue weighted by molar-refractivity contribution is 8.02. The molecule has 0 saturated heterocycles. The van der Waals surface area contributed by atoms with Gasteiger partial charge >= 0.3 is 0 Å². The van der Waals surface area contributed by atoms with E-state index in [4.69, 9.17) is 0 Å². The fraction of sp³-hybridized carbons (Fsp3) is 0.400. The molecule has 6 heteroatoms. The SMILES string of the molecule is CC(Sc1nncs1)C(=O)Nc1ccc(C(C)(C)C)cc1. The average molecular weight is 321 g/mol. The number of nitrogens with zero attached hydrogens (tertiary/aromatic N) is 2. The van der Waals surface area contributed by atoms with Crippen molar-refractivity contribution in [2.75, 3.05) is 5.32 Å². The molecule has 112 valence electrons. The Kier molecular flexibility index (Phi) is 5.00. The molecule has 1 aromatic carbocycles. The first-order valence-corrected chi connectivity index (χ1v) is 8.46. The number of amides is 1. The Morgan fingerprint density at radius 3 is 2.48 bits per heavy atom. The summed E-state index contributed by atoms with van der Waals surface area (Å²) < 4.78 is 0.806. The van der Waals surface area contributed by atoms with E-state index < -0.39 is 0 Å². The maximum atomic E-state index is 12.1. The van der Waals surface area contributed by atoms with Gasteiger partial charge < -0.3 is 5.32 Å². The van der Waals surface area contributed by atoms with Crippen LogP contribution in [0.3, 0.4) is 0 Å². The molecular weight excluding hydrogens is 302 g/mol. The first kappa shape index (κ1) is 16.0. The standard InChI is InChI=1S/C15H19N3OS2/c1-10(21-14-18-16-9-20-14)13(19)17-12-7-5-11(6-8-12)15(2,3)4/h5-10H,1-4H3,(H,17,19). The van der Waals surface area contributed by atoms with E-state index in [1.807, 2.05) is 19.1 Å². The number of hydrogen-bond donors (Lipinski definition) is 1. The molecule has 4 nitrogen and oxygen atoms in total. The Bertz CT molecular complexity index is 588. The molecule has 1 aromatic heterocycles. The Balaban J connectivity index is 1.96. The van der Waals surface area contributed by atoms with Crippen LogP contribution in [0.1, 0.15) is 33.3 Å². The van der Waals surface area contributed by atoms with Gasteiger partial charge in [0.25, 0.3) is 0 Å². The number of hydrogen-bond acceptors (Lipinski definition) is 5. The number of aromatic nitrogens is 2. The molecule has 1 N–H and O–H groups in total. The van der Waals surface area contributed by atoms with E-state index in [2.05, 4.69) is 48.4 Å². The second-order valence-electron chi connectivity index (χ2n) is 5.78. The highest BCUT2D eigenvalue weighted by Crippen LogP contribution is 2.26. The molecule has 1 atom stereocenters. The molecule has 0 aliphatic rings. The number of thioether (sulfide) groups is 1. The molecule has 0 aliphatic heterocycles. The molecule has 21 heavy (non-hydrogen) atoms. The predicted molar refractivity (Wildman–Crippen MR) is 89.0 cm³/mol. The number of anilines is 1. The first-order valence-electron chi connectivity index (χ1n) is 6.70. The van der Waals surface area contributed by atoms with Crippen molar-refractivity contribution in [3.8, 4) is 0 Å². The Morgan fingerprint density at radius 1 is 1.29 bits per heavy atom. The zero-order valence-corrected chi connectivity index (χ0v) is 14.2. The summed E-state index contributed by atoms with van der Waals surface area (Å²) in [6, 6.07) is 8.00. The molecule has 0 spiro atoms. The van der Waals surface area contributed by atoms with Gasteiger partial charge in [-0.1, -0.05) is 56.0 Å². The Hall–Kier alpha value is -1.40. The van der Waals surface area contributed by atoms with Crippen molar-refractivity contribution in [2.45, 2.75) is 42.7 Å². The van der Waals surface area contributed by atoms with E-state index >= 15 is 0 Å². The second kappa shape index (κ2) is 6.58. The van der Waals surface area contributed by atoms with Crippen molar-refractivity contribution in [1.82, 2.24) is 10.2 Å². The predicted octanol–water partition coefficient (Wildman–Crippen LogP) is 3.95. The summed E-state index contributed by atoms with van der Waals surface area (Å²) in [5.74, 6) is -0.0290. The van der Waals surface area contributed by atoms with Crippen LogP contribution in [0.5, 0.6) is 0 Å². The molecule has 0 fully saturated rings. The smallest absolute Gasteiger partial charge is 0.237 e. The van der Waals surface area contributed by atoms with Crippen LogP contribution in [0.2, 0.25) is 0 Å². The lowest BCUT2D eigenvalue weighted by atomic mass is 9.87. The van der Waals surface area contributed by atoms with E-state index in [0.29, 0.717) is 0 Å². The van der Waals surface area contributed by atoms with Crippen LogP contribution in [-0.2, 0) is 10.2 Å². The monoisotopic (exact) mass is 321 g/mol. The van der Waals surface area contributed by atoms with Crippen LogP contribution in [0.15, 0.2) is 34.1 Å². The zero-order chi connectivity index (χ0) is 15.5. The minimum atomic E-state index is -0.208. The highest BCUT2D eigenvalue weighted by Gasteiger charge is 2.17. The molecule has 0 radical (unpaired) electrons. The van der Waals surface area contributed by atoms with Crippen LogP contribution in [0.25, 0.3) is 0 Å². The van der Waals surface area contributed by atoms with Gasteiger partial charge in [0.05, 0.1) is 5.25 Å². The molecule has 1 amide bonds. The van der Waals surface area contributed by atoms with Gasteiger partial charge in [-0.25, -0.2) is 0 Å². The van der Waals surface area contributed by atoms with E-state index in [-0.39, 0.29) is 16.6 Å².